The Labute approximate surface area is 115 Å². The molecule has 6 heteroatoms. The van der Waals surface area contributed by atoms with Crippen molar-refractivity contribution in [1.82, 2.24) is 0 Å². The monoisotopic (exact) mass is 280 g/mol. The van der Waals surface area contributed by atoms with Crippen molar-refractivity contribution in [2.45, 2.75) is 38.6 Å². The molecule has 1 aliphatic rings. The lowest BCUT2D eigenvalue weighted by Gasteiger charge is -2.17. The first-order valence-corrected chi connectivity index (χ1v) is 6.30. The van der Waals surface area contributed by atoms with Gasteiger partial charge in [0.1, 0.15) is 23.5 Å². The van der Waals surface area contributed by atoms with Crippen LogP contribution in [0.1, 0.15) is 42.3 Å². The maximum atomic E-state index is 11.7. The molecule has 1 aliphatic heterocycles. The maximum absolute atomic E-state index is 11.7. The van der Waals surface area contributed by atoms with Crippen molar-refractivity contribution in [2.24, 2.45) is 0 Å². The molecule has 0 saturated heterocycles. The Morgan fingerprint density at radius 2 is 2.15 bits per heavy atom. The van der Waals surface area contributed by atoms with Gasteiger partial charge in [0, 0.05) is 5.56 Å². The zero-order chi connectivity index (χ0) is 14.9. The molecule has 0 amide bonds. The molecular weight excluding hydrogens is 264 g/mol. The van der Waals surface area contributed by atoms with Crippen LogP contribution in [0.3, 0.4) is 0 Å². The number of carbonyl (C=O) groups excluding carboxylic acids is 2. The minimum atomic E-state index is -0.776. The number of phenolic OH excluding ortho intramolecular Hbond substituents is 1. The number of carbonyl (C=O) groups is 2. The fourth-order valence-corrected chi connectivity index (χ4v) is 1.96. The first-order chi connectivity index (χ1) is 9.40. The Morgan fingerprint density at radius 3 is 2.80 bits per heavy atom. The number of fused-ring (bicyclic) bond motifs is 1. The molecule has 0 bridgehead atoms. The van der Waals surface area contributed by atoms with Gasteiger partial charge in [-0.2, -0.15) is 0 Å². The lowest BCUT2D eigenvalue weighted by Crippen LogP contribution is -2.26. The Hall–Kier alpha value is -2.08. The number of hydrogen-bond donors (Lipinski definition) is 2. The van der Waals surface area contributed by atoms with Gasteiger partial charge in [-0.3, -0.25) is 4.79 Å². The molecule has 20 heavy (non-hydrogen) atoms. The second kappa shape index (κ2) is 5.50. The molecule has 0 unspecified atom stereocenters. The average Bonchev–Trinajstić information content (AvgIpc) is 2.67. The van der Waals surface area contributed by atoms with Gasteiger partial charge in [0.05, 0.1) is 12.5 Å². The van der Waals surface area contributed by atoms with Crippen molar-refractivity contribution >= 4 is 11.9 Å². The zero-order valence-corrected chi connectivity index (χ0v) is 11.2. The summed E-state index contributed by atoms with van der Waals surface area (Å²) in [6, 6.07) is 4.58. The van der Waals surface area contributed by atoms with Crippen molar-refractivity contribution in [3.8, 4) is 5.75 Å². The highest BCUT2D eigenvalue weighted by Crippen LogP contribution is 2.37. The van der Waals surface area contributed by atoms with Gasteiger partial charge >= 0.3 is 11.9 Å². The normalized spacial score (nSPS) is 19.9. The summed E-state index contributed by atoms with van der Waals surface area (Å²) in [7, 11) is 0. The molecule has 108 valence electrons. The summed E-state index contributed by atoms with van der Waals surface area (Å²) in [5.74, 6) is -1.40. The number of aliphatic hydroxyl groups excluding tert-OH is 1. The maximum Gasteiger partial charge on any atom is 0.342 e. The summed E-state index contributed by atoms with van der Waals surface area (Å²) >= 11 is 0. The van der Waals surface area contributed by atoms with Crippen LogP contribution in [-0.4, -0.2) is 34.4 Å². The molecular formula is C14H16O6. The molecule has 6 nitrogen and oxygen atoms in total. The summed E-state index contributed by atoms with van der Waals surface area (Å²) in [5.41, 5.74) is 0.561. The SMILES string of the molecule is C[C@H](O)[C@H](C)OC(=O)C[C@@H]1OC(=O)c2c(O)cccc21. The lowest BCUT2D eigenvalue weighted by atomic mass is 10.0. The Bertz CT molecular complexity index is 536. The van der Waals surface area contributed by atoms with E-state index in [0.717, 1.165) is 0 Å². The number of benzene rings is 1. The van der Waals surface area contributed by atoms with Gasteiger partial charge in [-0.05, 0) is 19.9 Å². The Balaban J connectivity index is 2.08. The van der Waals surface area contributed by atoms with Crippen molar-refractivity contribution in [2.75, 3.05) is 0 Å². The number of cyclic esters (lactones) is 1. The summed E-state index contributed by atoms with van der Waals surface area (Å²) in [5, 5.41) is 18.9. The van der Waals surface area contributed by atoms with E-state index in [1.165, 1.54) is 13.0 Å². The molecule has 0 spiro atoms. The topological polar surface area (TPSA) is 93.1 Å². The van der Waals surface area contributed by atoms with E-state index in [1.54, 1.807) is 19.1 Å². The molecule has 0 saturated carbocycles. The van der Waals surface area contributed by atoms with E-state index in [-0.39, 0.29) is 17.7 Å². The fraction of sp³-hybridized carbons (Fsp3) is 0.429. The largest absolute Gasteiger partial charge is 0.507 e. The van der Waals surface area contributed by atoms with Crippen LogP contribution in [0.2, 0.25) is 0 Å². The van der Waals surface area contributed by atoms with E-state index in [2.05, 4.69) is 0 Å². The molecule has 2 rings (SSSR count). The molecule has 0 aliphatic carbocycles. The van der Waals surface area contributed by atoms with Crippen molar-refractivity contribution < 1.29 is 29.3 Å². The highest BCUT2D eigenvalue weighted by molar-refractivity contribution is 5.97. The van der Waals surface area contributed by atoms with E-state index in [0.29, 0.717) is 5.56 Å². The van der Waals surface area contributed by atoms with E-state index >= 15 is 0 Å². The van der Waals surface area contributed by atoms with Crippen molar-refractivity contribution in [1.29, 1.82) is 0 Å². The molecule has 1 aromatic rings. The minimum absolute atomic E-state index is 0.0916. The molecule has 0 aromatic heterocycles. The number of hydrogen-bond acceptors (Lipinski definition) is 6. The third-order valence-electron chi connectivity index (χ3n) is 3.22. The number of ether oxygens (including phenoxy) is 2. The summed E-state index contributed by atoms with van der Waals surface area (Å²) < 4.78 is 10.1. The molecule has 0 radical (unpaired) electrons. The predicted molar refractivity (Wildman–Crippen MR) is 68.1 cm³/mol. The van der Waals surface area contributed by atoms with Gasteiger partial charge in [-0.15, -0.1) is 0 Å². The third-order valence-corrected chi connectivity index (χ3v) is 3.22. The first kappa shape index (κ1) is 14.3. The number of aromatic hydroxyl groups is 1. The number of phenols is 1. The zero-order valence-electron chi connectivity index (χ0n) is 11.2. The minimum Gasteiger partial charge on any atom is -0.507 e. The predicted octanol–water partition coefficient (Wildman–Crippen LogP) is 1.31. The Kier molecular flexibility index (Phi) is 3.94. The van der Waals surface area contributed by atoms with Gasteiger partial charge in [0.15, 0.2) is 0 Å². The molecule has 1 heterocycles. The van der Waals surface area contributed by atoms with Gasteiger partial charge in [0.2, 0.25) is 0 Å². The molecule has 0 fully saturated rings. The number of rotatable bonds is 4. The molecule has 1 aromatic carbocycles. The second-order valence-electron chi connectivity index (χ2n) is 4.78. The van der Waals surface area contributed by atoms with E-state index < -0.39 is 30.3 Å². The van der Waals surface area contributed by atoms with E-state index in [4.69, 9.17) is 9.47 Å². The van der Waals surface area contributed by atoms with Crippen LogP contribution < -0.4 is 0 Å². The highest BCUT2D eigenvalue weighted by Gasteiger charge is 2.35. The van der Waals surface area contributed by atoms with Crippen molar-refractivity contribution in [3.05, 3.63) is 29.3 Å². The summed E-state index contributed by atoms with van der Waals surface area (Å²) in [6.07, 6.45) is -2.33. The first-order valence-electron chi connectivity index (χ1n) is 6.30. The summed E-state index contributed by atoms with van der Waals surface area (Å²) in [4.78, 5) is 23.4. The van der Waals surface area contributed by atoms with Gasteiger partial charge in [-0.25, -0.2) is 4.79 Å². The van der Waals surface area contributed by atoms with Gasteiger partial charge in [0.25, 0.3) is 0 Å². The fourth-order valence-electron chi connectivity index (χ4n) is 1.96. The van der Waals surface area contributed by atoms with Crippen LogP contribution in [0, 0.1) is 0 Å². The van der Waals surface area contributed by atoms with Crippen molar-refractivity contribution in [3.63, 3.8) is 0 Å². The van der Waals surface area contributed by atoms with Gasteiger partial charge in [-0.1, -0.05) is 12.1 Å². The van der Waals surface area contributed by atoms with Crippen LogP contribution in [-0.2, 0) is 14.3 Å². The van der Waals surface area contributed by atoms with Crippen LogP contribution in [0.4, 0.5) is 0 Å². The molecule has 2 N–H and O–H groups in total. The quantitative estimate of drug-likeness (QED) is 0.808. The smallest absolute Gasteiger partial charge is 0.342 e. The summed E-state index contributed by atoms with van der Waals surface area (Å²) in [6.45, 7) is 3.09. The van der Waals surface area contributed by atoms with Crippen LogP contribution in [0.5, 0.6) is 5.75 Å². The third kappa shape index (κ3) is 2.75. The second-order valence-corrected chi connectivity index (χ2v) is 4.78. The number of esters is 2. The Morgan fingerprint density at radius 1 is 1.45 bits per heavy atom. The van der Waals surface area contributed by atoms with Crippen LogP contribution in [0.25, 0.3) is 0 Å². The average molecular weight is 280 g/mol. The standard InChI is InChI=1S/C14H16O6/c1-7(15)8(2)19-12(17)6-11-9-4-3-5-10(16)13(9)14(18)20-11/h3-5,7-8,11,15-16H,6H2,1-2H3/t7-,8-,11-/m0/s1. The van der Waals surface area contributed by atoms with Gasteiger partial charge < -0.3 is 19.7 Å². The van der Waals surface area contributed by atoms with E-state index in [1.807, 2.05) is 0 Å². The van der Waals surface area contributed by atoms with E-state index in [9.17, 15) is 19.8 Å². The number of aliphatic hydroxyl groups is 1. The molecule has 3 atom stereocenters. The highest BCUT2D eigenvalue weighted by atomic mass is 16.6. The van der Waals surface area contributed by atoms with Crippen LogP contribution in [0.15, 0.2) is 18.2 Å². The lowest BCUT2D eigenvalue weighted by molar-refractivity contribution is -0.155. The van der Waals surface area contributed by atoms with Crippen LogP contribution >= 0.6 is 0 Å².